The summed E-state index contributed by atoms with van der Waals surface area (Å²) in [5.41, 5.74) is 5.58. The van der Waals surface area contributed by atoms with Crippen molar-refractivity contribution in [2.24, 2.45) is 11.3 Å². The molecule has 1 N–H and O–H groups in total. The van der Waals surface area contributed by atoms with Gasteiger partial charge in [-0.25, -0.2) is 28.1 Å². The van der Waals surface area contributed by atoms with Gasteiger partial charge in [-0.15, -0.1) is 0 Å². The smallest absolute Gasteiger partial charge is 0.264 e. The Kier molecular flexibility index (Phi) is 7.89. The molecule has 260 valence electrons. The molecule has 3 aromatic heterocycles. The summed E-state index contributed by atoms with van der Waals surface area (Å²) in [5.74, 6) is 1.46. The first-order valence-electron chi connectivity index (χ1n) is 17.2. The second-order valence-electron chi connectivity index (χ2n) is 14.9. The van der Waals surface area contributed by atoms with Crippen molar-refractivity contribution in [3.63, 3.8) is 0 Å². The average Bonchev–Trinajstić information content (AvgIpc) is 3.82. The van der Waals surface area contributed by atoms with E-state index in [1.165, 1.54) is 12.1 Å². The number of carbonyl (C=O) groups excluding carboxylic acids is 1. The summed E-state index contributed by atoms with van der Waals surface area (Å²) in [6, 6.07) is 15.3. The number of aromatic nitrogens is 4. The molecule has 2 saturated carbocycles. The fourth-order valence-electron chi connectivity index (χ4n) is 7.62. The van der Waals surface area contributed by atoms with Gasteiger partial charge in [-0.05, 0) is 86.6 Å². The van der Waals surface area contributed by atoms with Crippen molar-refractivity contribution in [1.82, 2.24) is 24.8 Å². The minimum atomic E-state index is -4.18. The van der Waals surface area contributed by atoms with Gasteiger partial charge in [0.2, 0.25) is 17.5 Å². The van der Waals surface area contributed by atoms with E-state index in [2.05, 4.69) is 33.5 Å². The number of hydrogen-bond donors (Lipinski definition) is 1. The molecule has 12 heteroatoms. The lowest BCUT2D eigenvalue weighted by Crippen LogP contribution is -2.46. The van der Waals surface area contributed by atoms with E-state index in [0.29, 0.717) is 40.9 Å². The Morgan fingerprint density at radius 1 is 1.00 bits per heavy atom. The molecule has 11 nitrogen and oxygen atoms in total. The highest BCUT2D eigenvalue weighted by atomic mass is 32.2. The largest absolute Gasteiger partial charge is 0.475 e. The Bertz CT molecular complexity index is 2220. The zero-order chi connectivity index (χ0) is 34.8. The van der Waals surface area contributed by atoms with Crippen molar-refractivity contribution in [3.05, 3.63) is 88.9 Å². The molecule has 1 aliphatic heterocycles. The van der Waals surface area contributed by atoms with E-state index in [1.54, 1.807) is 29.3 Å². The molecule has 4 bridgehead atoms. The van der Waals surface area contributed by atoms with Crippen LogP contribution < -0.4 is 9.46 Å². The molecule has 5 aromatic rings. The number of rotatable bonds is 6. The minimum absolute atomic E-state index is 0. The maximum atomic E-state index is 14.6. The number of anilines is 1. The Morgan fingerprint density at radius 3 is 2.50 bits per heavy atom. The van der Waals surface area contributed by atoms with E-state index in [4.69, 9.17) is 14.1 Å². The number of sulfonamides is 1. The van der Waals surface area contributed by atoms with Crippen LogP contribution >= 0.6 is 0 Å². The van der Waals surface area contributed by atoms with Crippen molar-refractivity contribution < 1.29 is 23.8 Å². The standard InChI is InChI=1S/C38H40N6O5S.H2/c1-22-7-5-8-23(2)34(22)30-16-33-42-37(41-30)43-50(46,47)29-10-6-9-26(14-29)36(45)44(28(21-48-33)13-24-17-38(3,4)18-24)20-27-19-39-35-31(40-27)15-32(49-35)25-11-12-25;/h5-10,14-16,19,24-25,28H,11-13,17-18,20-21H2,1-4H3,(H,41,42,43);1H. The molecule has 8 rings (SSSR count). The molecule has 0 saturated heterocycles. The molecule has 3 aliphatic rings. The maximum Gasteiger partial charge on any atom is 0.264 e. The van der Waals surface area contributed by atoms with Gasteiger partial charge in [-0.1, -0.05) is 38.1 Å². The van der Waals surface area contributed by atoms with E-state index in [0.717, 1.165) is 48.1 Å². The highest BCUT2D eigenvalue weighted by molar-refractivity contribution is 7.92. The fourth-order valence-corrected chi connectivity index (χ4v) is 8.61. The number of benzene rings is 2. The summed E-state index contributed by atoms with van der Waals surface area (Å²) < 4.78 is 42.4. The van der Waals surface area contributed by atoms with Gasteiger partial charge in [-0.2, -0.15) is 4.98 Å². The third-order valence-corrected chi connectivity index (χ3v) is 11.4. The first-order chi connectivity index (χ1) is 23.9. The Hall–Kier alpha value is -4.84. The fraction of sp³-hybridized carbons (Fsp3) is 0.395. The summed E-state index contributed by atoms with van der Waals surface area (Å²) in [6.45, 7) is 8.77. The minimum Gasteiger partial charge on any atom is -0.475 e. The number of aryl methyl sites for hydroxylation is 2. The molecule has 4 heterocycles. The monoisotopic (exact) mass is 694 g/mol. The zero-order valence-corrected chi connectivity index (χ0v) is 29.5. The van der Waals surface area contributed by atoms with Crippen molar-refractivity contribution >= 4 is 33.1 Å². The molecule has 2 fully saturated rings. The van der Waals surface area contributed by atoms with Crippen LogP contribution in [0.3, 0.4) is 0 Å². The Labute approximate surface area is 293 Å². The molecule has 50 heavy (non-hydrogen) atoms. The highest BCUT2D eigenvalue weighted by Crippen LogP contribution is 2.47. The second kappa shape index (κ2) is 12.2. The topological polar surface area (TPSA) is 140 Å². The SMILES string of the molecule is Cc1cccc(C)c1-c1cc2nc(n1)NS(=O)(=O)c1cccc(c1)C(=O)N(Cc1cnc3oc(C4CC4)cc3n1)C(CC1CC(C)(C)C1)CO2.[HH]. The molecule has 2 aromatic carbocycles. The van der Waals surface area contributed by atoms with Crippen LogP contribution in [0.2, 0.25) is 0 Å². The molecule has 1 amide bonds. The number of nitrogens with zero attached hydrogens (tertiary/aromatic N) is 5. The summed E-state index contributed by atoms with van der Waals surface area (Å²) in [7, 11) is -4.18. The lowest BCUT2D eigenvalue weighted by molar-refractivity contribution is 0.0318. The van der Waals surface area contributed by atoms with Gasteiger partial charge in [0.15, 0.2) is 0 Å². The lowest BCUT2D eigenvalue weighted by Gasteiger charge is -2.45. The summed E-state index contributed by atoms with van der Waals surface area (Å²) in [5, 5.41) is 0. The van der Waals surface area contributed by atoms with Gasteiger partial charge in [0.05, 0.1) is 35.1 Å². The van der Waals surface area contributed by atoms with Gasteiger partial charge >= 0.3 is 0 Å². The van der Waals surface area contributed by atoms with Crippen LogP contribution in [-0.2, 0) is 16.6 Å². The van der Waals surface area contributed by atoms with Gasteiger partial charge < -0.3 is 14.1 Å². The van der Waals surface area contributed by atoms with Crippen LogP contribution in [-0.4, -0.2) is 51.8 Å². The first-order valence-corrected chi connectivity index (χ1v) is 18.7. The van der Waals surface area contributed by atoms with Crippen LogP contribution in [0.4, 0.5) is 5.95 Å². The first kappa shape index (κ1) is 32.4. The number of nitrogens with one attached hydrogen (secondary N) is 1. The van der Waals surface area contributed by atoms with Crippen molar-refractivity contribution in [2.45, 2.75) is 83.2 Å². The van der Waals surface area contributed by atoms with E-state index in [9.17, 15) is 13.2 Å². The van der Waals surface area contributed by atoms with Crippen LogP contribution in [0.25, 0.3) is 22.5 Å². The van der Waals surface area contributed by atoms with Crippen molar-refractivity contribution in [1.29, 1.82) is 0 Å². The van der Waals surface area contributed by atoms with Gasteiger partial charge in [0.25, 0.3) is 15.9 Å². The van der Waals surface area contributed by atoms with Crippen molar-refractivity contribution in [2.75, 3.05) is 11.3 Å². The van der Waals surface area contributed by atoms with Crippen LogP contribution in [0.5, 0.6) is 5.88 Å². The normalized spacial score (nSPS) is 20.2. The summed E-state index contributed by atoms with van der Waals surface area (Å²) in [4.78, 5) is 34.8. The number of fused-ring (bicyclic) bond motifs is 5. The molecule has 0 spiro atoms. The quantitative estimate of drug-likeness (QED) is 0.192. The number of amides is 1. The van der Waals surface area contributed by atoms with Crippen LogP contribution in [0, 0.1) is 25.2 Å². The van der Waals surface area contributed by atoms with Gasteiger partial charge in [0, 0.05) is 30.6 Å². The van der Waals surface area contributed by atoms with E-state index >= 15 is 0 Å². The van der Waals surface area contributed by atoms with E-state index < -0.39 is 10.0 Å². The molecule has 0 radical (unpaired) electrons. The molecular formula is C38H42N6O5S. The Morgan fingerprint density at radius 2 is 1.76 bits per heavy atom. The van der Waals surface area contributed by atoms with Crippen LogP contribution in [0.15, 0.2) is 70.1 Å². The second-order valence-corrected chi connectivity index (χ2v) is 16.5. The highest BCUT2D eigenvalue weighted by Gasteiger charge is 2.39. The van der Waals surface area contributed by atoms with Gasteiger partial charge in [-0.3, -0.25) is 4.79 Å². The number of hydrogen-bond acceptors (Lipinski definition) is 9. The molecule has 1 unspecified atom stereocenters. The third-order valence-electron chi connectivity index (χ3n) is 10.1. The molecule has 1 atom stereocenters. The van der Waals surface area contributed by atoms with Crippen LogP contribution in [0.1, 0.15) is 86.2 Å². The third kappa shape index (κ3) is 6.44. The molecule has 2 aliphatic carbocycles. The molecular weight excluding hydrogens is 653 g/mol. The zero-order valence-electron chi connectivity index (χ0n) is 28.6. The summed E-state index contributed by atoms with van der Waals surface area (Å²) in [6.07, 6.45) is 6.60. The number of carbonyl (C=O) groups is 1. The Balaban J connectivity index is 0.00000406. The number of ether oxygens (including phenoxy) is 1. The summed E-state index contributed by atoms with van der Waals surface area (Å²) >= 11 is 0. The van der Waals surface area contributed by atoms with E-state index in [-0.39, 0.29) is 54.2 Å². The van der Waals surface area contributed by atoms with E-state index in [1.807, 2.05) is 38.1 Å². The van der Waals surface area contributed by atoms with Crippen molar-refractivity contribution in [3.8, 4) is 17.1 Å². The average molecular weight is 695 g/mol. The maximum absolute atomic E-state index is 14.6. The predicted octanol–water partition coefficient (Wildman–Crippen LogP) is 7.45. The van der Waals surface area contributed by atoms with Gasteiger partial charge in [0.1, 0.15) is 17.9 Å². The number of furan rings is 1. The predicted molar refractivity (Wildman–Crippen MR) is 190 cm³/mol. The lowest BCUT2D eigenvalue weighted by atomic mass is 9.63.